The minimum atomic E-state index is -1.78. The molecule has 0 aliphatic heterocycles. The smallest absolute Gasteiger partial charge is 0.192 e. The van der Waals surface area contributed by atoms with E-state index in [9.17, 15) is 4.79 Å². The van der Waals surface area contributed by atoms with Gasteiger partial charge < -0.3 is 9.22 Å². The molecule has 0 amide bonds. The van der Waals surface area contributed by atoms with Crippen LogP contribution in [0.25, 0.3) is 0 Å². The van der Waals surface area contributed by atoms with E-state index in [1.165, 1.54) is 32.1 Å². The fourth-order valence-corrected chi connectivity index (χ4v) is 9.33. The zero-order chi connectivity index (χ0) is 25.8. The van der Waals surface area contributed by atoms with Crippen LogP contribution in [0.1, 0.15) is 99.8 Å². The molecule has 0 aromatic heterocycles. The topological polar surface area (TPSA) is 26.3 Å². The first-order chi connectivity index (χ1) is 16.2. The highest BCUT2D eigenvalue weighted by molar-refractivity contribution is 6.74. The third-order valence-electron chi connectivity index (χ3n) is 11.3. The normalized spacial score (nSPS) is 37.6. The van der Waals surface area contributed by atoms with Crippen LogP contribution in [-0.4, -0.2) is 20.2 Å². The maximum absolute atomic E-state index is 11.4. The lowest BCUT2D eigenvalue weighted by Gasteiger charge is -2.54. The summed E-state index contributed by atoms with van der Waals surface area (Å²) in [6.45, 7) is 21.1. The standard InChI is InChI=1S/C32H52O2Si/c1-22(11-10-12-23(2)33)27-15-16-28-26-14-13-24-21-25(34-35(8,9)30(3,4)5)17-19-31(24,6)29(26)18-20-32(27,28)7/h13-14,17,19,22,25,27-29H,10-12,15-16,18,20-21H2,1-9H3/t22-,25-,27+,28-,29-,31-,32+/m0/s1. The maximum Gasteiger partial charge on any atom is 0.192 e. The number of rotatable bonds is 7. The van der Waals surface area contributed by atoms with Gasteiger partial charge in [-0.25, -0.2) is 0 Å². The van der Waals surface area contributed by atoms with Gasteiger partial charge in [0.2, 0.25) is 0 Å². The van der Waals surface area contributed by atoms with E-state index in [2.05, 4.69) is 78.9 Å². The van der Waals surface area contributed by atoms with Crippen LogP contribution in [0.2, 0.25) is 18.1 Å². The van der Waals surface area contributed by atoms with E-state index in [-0.39, 0.29) is 16.6 Å². The Morgan fingerprint density at radius 3 is 2.51 bits per heavy atom. The average Bonchev–Trinajstić information content (AvgIpc) is 3.10. The molecule has 2 fully saturated rings. The predicted molar refractivity (Wildman–Crippen MR) is 151 cm³/mol. The van der Waals surface area contributed by atoms with E-state index in [1.807, 2.05) is 0 Å². The lowest BCUT2D eigenvalue weighted by Crippen LogP contribution is -2.47. The molecule has 4 rings (SSSR count). The van der Waals surface area contributed by atoms with E-state index in [0.717, 1.165) is 37.0 Å². The fourth-order valence-electron chi connectivity index (χ4n) is 8.06. The van der Waals surface area contributed by atoms with Gasteiger partial charge >= 0.3 is 0 Å². The van der Waals surface area contributed by atoms with Crippen LogP contribution in [0, 0.1) is 34.5 Å². The number of hydrogen-bond donors (Lipinski definition) is 0. The van der Waals surface area contributed by atoms with Gasteiger partial charge in [0.25, 0.3) is 0 Å². The lowest BCUT2D eigenvalue weighted by molar-refractivity contribution is -0.117. The largest absolute Gasteiger partial charge is 0.410 e. The highest BCUT2D eigenvalue weighted by atomic mass is 28.4. The summed E-state index contributed by atoms with van der Waals surface area (Å²) in [6.07, 6.45) is 19.7. The molecule has 2 nitrogen and oxygen atoms in total. The first-order valence-corrected chi connectivity index (χ1v) is 17.4. The van der Waals surface area contributed by atoms with Gasteiger partial charge in [0.05, 0.1) is 6.10 Å². The first kappa shape index (κ1) is 27.1. The zero-order valence-corrected chi connectivity index (χ0v) is 25.2. The molecular weight excluding hydrogens is 444 g/mol. The van der Waals surface area contributed by atoms with Gasteiger partial charge in [0.1, 0.15) is 5.78 Å². The average molecular weight is 497 g/mol. The Labute approximate surface area is 217 Å². The molecule has 0 aromatic rings. The van der Waals surface area contributed by atoms with E-state index in [4.69, 9.17) is 4.43 Å². The fraction of sp³-hybridized carbons (Fsp3) is 0.781. The van der Waals surface area contributed by atoms with Crippen LogP contribution >= 0.6 is 0 Å². The lowest BCUT2D eigenvalue weighted by atomic mass is 9.51. The second-order valence-corrected chi connectivity index (χ2v) is 19.3. The summed E-state index contributed by atoms with van der Waals surface area (Å²) in [5.41, 5.74) is 3.92. The first-order valence-electron chi connectivity index (χ1n) is 14.5. The SMILES string of the molecule is CC(=O)CCC[C@H](C)[C@H]1CC[C@H]2C3=CC=C4C[C@@H](O[Si](C)(C)C(C)(C)C)C=C[C@]4(C)[C@H]3CC[C@]12C. The van der Waals surface area contributed by atoms with Crippen molar-refractivity contribution in [1.29, 1.82) is 0 Å². The number of carbonyl (C=O) groups excluding carboxylic acids is 1. The molecule has 3 heteroatoms. The summed E-state index contributed by atoms with van der Waals surface area (Å²) < 4.78 is 6.82. The Bertz CT molecular complexity index is 918. The van der Waals surface area contributed by atoms with Gasteiger partial charge in [0.15, 0.2) is 8.32 Å². The Morgan fingerprint density at radius 1 is 1.14 bits per heavy atom. The molecule has 196 valence electrons. The second-order valence-electron chi connectivity index (χ2n) is 14.5. The quantitative estimate of drug-likeness (QED) is 0.259. The zero-order valence-electron chi connectivity index (χ0n) is 24.2. The van der Waals surface area contributed by atoms with Gasteiger partial charge in [-0.05, 0) is 92.7 Å². The molecule has 0 unspecified atom stereocenters. The van der Waals surface area contributed by atoms with Gasteiger partial charge in [-0.3, -0.25) is 0 Å². The molecule has 35 heavy (non-hydrogen) atoms. The maximum atomic E-state index is 11.4. The molecule has 0 saturated heterocycles. The highest BCUT2D eigenvalue weighted by Crippen LogP contribution is 2.65. The van der Waals surface area contributed by atoms with E-state index in [0.29, 0.717) is 17.1 Å². The number of carbonyl (C=O) groups is 1. The van der Waals surface area contributed by atoms with Gasteiger partial charge in [-0.2, -0.15) is 0 Å². The van der Waals surface area contributed by atoms with E-state index in [1.54, 1.807) is 18.1 Å². The molecule has 0 N–H and O–H groups in total. The van der Waals surface area contributed by atoms with Crippen molar-refractivity contribution < 1.29 is 9.22 Å². The van der Waals surface area contributed by atoms with Crippen LogP contribution in [0.15, 0.2) is 35.5 Å². The highest BCUT2D eigenvalue weighted by Gasteiger charge is 2.56. The van der Waals surface area contributed by atoms with Crippen molar-refractivity contribution >= 4 is 14.1 Å². The summed E-state index contributed by atoms with van der Waals surface area (Å²) >= 11 is 0. The van der Waals surface area contributed by atoms with Crippen LogP contribution in [0.3, 0.4) is 0 Å². The summed E-state index contributed by atoms with van der Waals surface area (Å²) in [7, 11) is -1.78. The molecule has 2 saturated carbocycles. The van der Waals surface area contributed by atoms with Crippen LogP contribution in [0.5, 0.6) is 0 Å². The molecule has 0 heterocycles. The van der Waals surface area contributed by atoms with Gasteiger partial charge in [-0.1, -0.05) is 83.4 Å². The van der Waals surface area contributed by atoms with Crippen LogP contribution in [-0.2, 0) is 9.22 Å². The minimum Gasteiger partial charge on any atom is -0.410 e. The van der Waals surface area contributed by atoms with Crippen molar-refractivity contribution in [2.75, 3.05) is 0 Å². The van der Waals surface area contributed by atoms with Gasteiger partial charge in [-0.15, -0.1) is 0 Å². The Morgan fingerprint density at radius 2 is 1.86 bits per heavy atom. The van der Waals surface area contributed by atoms with Crippen molar-refractivity contribution in [2.24, 2.45) is 34.5 Å². The predicted octanol–water partition coefficient (Wildman–Crippen LogP) is 9.05. The minimum absolute atomic E-state index is 0.157. The van der Waals surface area contributed by atoms with Crippen molar-refractivity contribution in [3.05, 3.63) is 35.5 Å². The number of hydrogen-bond acceptors (Lipinski definition) is 2. The van der Waals surface area contributed by atoms with E-state index < -0.39 is 8.32 Å². The summed E-state index contributed by atoms with van der Waals surface area (Å²) in [4.78, 5) is 11.4. The summed E-state index contributed by atoms with van der Waals surface area (Å²) in [6, 6.07) is 0. The Balaban J connectivity index is 1.52. The van der Waals surface area contributed by atoms with Crippen LogP contribution < -0.4 is 0 Å². The third-order valence-corrected chi connectivity index (χ3v) is 15.8. The Kier molecular flexibility index (Phi) is 7.30. The third kappa shape index (κ3) is 4.86. The Hall–Kier alpha value is -0.933. The van der Waals surface area contributed by atoms with Crippen molar-refractivity contribution in [3.63, 3.8) is 0 Å². The van der Waals surface area contributed by atoms with E-state index >= 15 is 0 Å². The second kappa shape index (κ2) is 9.42. The van der Waals surface area contributed by atoms with Crippen molar-refractivity contribution in [2.45, 2.75) is 124 Å². The molecule has 4 aliphatic carbocycles. The summed E-state index contributed by atoms with van der Waals surface area (Å²) in [5.74, 6) is 3.23. The monoisotopic (exact) mass is 496 g/mol. The molecule has 0 radical (unpaired) electrons. The molecular formula is C32H52O2Si. The molecule has 0 aromatic carbocycles. The number of fused-ring (bicyclic) bond motifs is 5. The number of ketones is 1. The summed E-state index contributed by atoms with van der Waals surface area (Å²) in [5, 5.41) is 0.242. The van der Waals surface area contributed by atoms with Crippen molar-refractivity contribution in [1.82, 2.24) is 0 Å². The van der Waals surface area contributed by atoms with Crippen LogP contribution in [0.4, 0.5) is 0 Å². The van der Waals surface area contributed by atoms with Gasteiger partial charge in [0, 0.05) is 11.8 Å². The molecule has 0 bridgehead atoms. The van der Waals surface area contributed by atoms with Crippen molar-refractivity contribution in [3.8, 4) is 0 Å². The number of allylic oxidation sites excluding steroid dienone is 4. The molecule has 0 spiro atoms. The molecule has 7 atom stereocenters. The molecule has 4 aliphatic rings. The number of Topliss-reactive ketones (excluding diaryl/α,β-unsaturated/α-hetero) is 1.